The van der Waals surface area contributed by atoms with E-state index in [1.54, 1.807) is 18.3 Å². The van der Waals surface area contributed by atoms with Crippen LogP contribution in [0.3, 0.4) is 0 Å². The highest BCUT2D eigenvalue weighted by Gasteiger charge is 2.25. The Bertz CT molecular complexity index is 1360. The van der Waals surface area contributed by atoms with Crippen molar-refractivity contribution in [3.63, 3.8) is 0 Å². The molecule has 3 aromatic rings. The van der Waals surface area contributed by atoms with E-state index in [4.69, 9.17) is 9.47 Å². The second-order valence-corrected chi connectivity index (χ2v) is 11.5. The minimum absolute atomic E-state index is 0.0523. The van der Waals surface area contributed by atoms with Crippen LogP contribution in [-0.4, -0.2) is 38.7 Å². The standard InChI is InChI=1S/C27H29FIN5O5/c1-27(2,3)39-26(35)32-18-7-5-17(6-8-18)31-25-30-13-12-22(33-25)20-10-4-16(29)14-24(20)38-23-11-9-19(34(36)37)15-21(23)28/h4,9-15,17-18H,5-8H2,1-3H3,(H,32,35)(H,30,31,33). The normalized spacial score (nSPS) is 17.3. The van der Waals surface area contributed by atoms with Crippen molar-refractivity contribution in [2.75, 3.05) is 5.32 Å². The van der Waals surface area contributed by atoms with Gasteiger partial charge in [0.15, 0.2) is 11.6 Å². The highest BCUT2D eigenvalue weighted by Crippen LogP contribution is 2.36. The van der Waals surface area contributed by atoms with E-state index < -0.39 is 22.4 Å². The molecule has 0 saturated heterocycles. The molecule has 0 unspecified atom stereocenters. The first-order valence-electron chi connectivity index (χ1n) is 12.5. The SMILES string of the molecule is CC(C)(C)OC(=O)NC1CCC(Nc2nccc(-c3ccc(I)cc3Oc3ccc([N+](=O)[O-])cc3F)n2)CC1. The van der Waals surface area contributed by atoms with Gasteiger partial charge < -0.3 is 20.1 Å². The molecule has 1 saturated carbocycles. The average Bonchev–Trinajstić information content (AvgIpc) is 2.85. The van der Waals surface area contributed by atoms with Gasteiger partial charge in [-0.2, -0.15) is 0 Å². The van der Waals surface area contributed by atoms with Gasteiger partial charge in [-0.3, -0.25) is 10.1 Å². The number of nitro benzene ring substituents is 1. The molecule has 1 aliphatic rings. The van der Waals surface area contributed by atoms with Gasteiger partial charge in [-0.05, 0) is 99.4 Å². The third-order valence-electron chi connectivity index (χ3n) is 6.00. The van der Waals surface area contributed by atoms with E-state index in [1.165, 1.54) is 12.1 Å². The van der Waals surface area contributed by atoms with Crippen molar-refractivity contribution in [1.29, 1.82) is 0 Å². The van der Waals surface area contributed by atoms with Crippen molar-refractivity contribution in [3.8, 4) is 22.8 Å². The summed E-state index contributed by atoms with van der Waals surface area (Å²) in [6.07, 6.45) is 4.48. The smallest absolute Gasteiger partial charge is 0.407 e. The summed E-state index contributed by atoms with van der Waals surface area (Å²) in [5.41, 5.74) is 0.289. The molecule has 1 aliphatic carbocycles. The van der Waals surface area contributed by atoms with Gasteiger partial charge in [-0.1, -0.05) is 0 Å². The Balaban J connectivity index is 1.44. The van der Waals surface area contributed by atoms with Gasteiger partial charge in [0.2, 0.25) is 5.95 Å². The summed E-state index contributed by atoms with van der Waals surface area (Å²) in [6, 6.07) is 10.6. The Morgan fingerprint density at radius 1 is 1.08 bits per heavy atom. The van der Waals surface area contributed by atoms with E-state index in [-0.39, 0.29) is 23.5 Å². The van der Waals surface area contributed by atoms with Crippen LogP contribution < -0.4 is 15.4 Å². The fourth-order valence-corrected chi connectivity index (χ4v) is 4.68. The van der Waals surface area contributed by atoms with E-state index >= 15 is 0 Å². The minimum Gasteiger partial charge on any atom is -0.454 e. The molecule has 0 spiro atoms. The Morgan fingerprint density at radius 2 is 1.79 bits per heavy atom. The molecule has 39 heavy (non-hydrogen) atoms. The maximum atomic E-state index is 14.5. The summed E-state index contributed by atoms with van der Waals surface area (Å²) < 4.78 is 26.6. The van der Waals surface area contributed by atoms with Crippen LogP contribution in [0.5, 0.6) is 11.5 Å². The van der Waals surface area contributed by atoms with Crippen LogP contribution in [0.15, 0.2) is 48.7 Å². The molecule has 1 aromatic heterocycles. The van der Waals surface area contributed by atoms with Gasteiger partial charge >= 0.3 is 6.09 Å². The topological polar surface area (TPSA) is 129 Å². The van der Waals surface area contributed by atoms with Crippen molar-refractivity contribution in [3.05, 3.63) is 68.2 Å². The Kier molecular flexibility index (Phi) is 8.83. The van der Waals surface area contributed by atoms with Crippen LogP contribution in [0.25, 0.3) is 11.3 Å². The number of ether oxygens (including phenoxy) is 2. The lowest BCUT2D eigenvalue weighted by atomic mass is 9.91. The maximum absolute atomic E-state index is 14.5. The van der Waals surface area contributed by atoms with Crippen molar-refractivity contribution in [2.45, 2.75) is 64.1 Å². The molecule has 0 aliphatic heterocycles. The van der Waals surface area contributed by atoms with Crippen LogP contribution in [0.2, 0.25) is 0 Å². The maximum Gasteiger partial charge on any atom is 0.407 e. The number of amides is 1. The number of carbonyl (C=O) groups is 1. The molecule has 0 radical (unpaired) electrons. The van der Waals surface area contributed by atoms with Gasteiger partial charge in [0.05, 0.1) is 16.7 Å². The summed E-state index contributed by atoms with van der Waals surface area (Å²) in [7, 11) is 0. The molecule has 4 rings (SSSR count). The van der Waals surface area contributed by atoms with Gasteiger partial charge in [0, 0.05) is 33.5 Å². The number of rotatable bonds is 7. The highest BCUT2D eigenvalue weighted by atomic mass is 127. The number of aromatic nitrogens is 2. The number of nitro groups is 1. The number of nitrogens with one attached hydrogen (secondary N) is 2. The number of anilines is 1. The summed E-state index contributed by atoms with van der Waals surface area (Å²) in [5.74, 6) is -0.168. The van der Waals surface area contributed by atoms with Crippen LogP contribution in [0.4, 0.5) is 20.8 Å². The van der Waals surface area contributed by atoms with Crippen LogP contribution in [-0.2, 0) is 4.74 Å². The molecule has 1 heterocycles. The predicted molar refractivity (Wildman–Crippen MR) is 152 cm³/mol. The first-order chi connectivity index (χ1) is 18.5. The van der Waals surface area contributed by atoms with E-state index in [0.717, 1.165) is 35.3 Å². The predicted octanol–water partition coefficient (Wildman–Crippen LogP) is 6.84. The van der Waals surface area contributed by atoms with Crippen molar-refractivity contribution < 1.29 is 23.6 Å². The first-order valence-corrected chi connectivity index (χ1v) is 13.6. The summed E-state index contributed by atoms with van der Waals surface area (Å²) in [6.45, 7) is 5.50. The Morgan fingerprint density at radius 3 is 2.46 bits per heavy atom. The molecule has 0 bridgehead atoms. The minimum atomic E-state index is -0.837. The fraction of sp³-hybridized carbons (Fsp3) is 0.370. The average molecular weight is 649 g/mol. The monoisotopic (exact) mass is 649 g/mol. The van der Waals surface area contributed by atoms with E-state index in [2.05, 4.69) is 43.2 Å². The van der Waals surface area contributed by atoms with Crippen LogP contribution in [0, 0.1) is 19.5 Å². The molecule has 10 nitrogen and oxygen atoms in total. The van der Waals surface area contributed by atoms with Crippen LogP contribution >= 0.6 is 22.6 Å². The van der Waals surface area contributed by atoms with Gasteiger partial charge in [-0.25, -0.2) is 19.2 Å². The van der Waals surface area contributed by atoms with Crippen molar-refractivity contribution in [1.82, 2.24) is 15.3 Å². The number of benzene rings is 2. The summed E-state index contributed by atoms with van der Waals surface area (Å²) >= 11 is 2.12. The molecule has 1 amide bonds. The first kappa shape index (κ1) is 28.5. The zero-order valence-corrected chi connectivity index (χ0v) is 23.9. The molecular weight excluding hydrogens is 620 g/mol. The van der Waals surface area contributed by atoms with E-state index in [1.807, 2.05) is 32.9 Å². The molecule has 2 aromatic carbocycles. The third kappa shape index (κ3) is 7.97. The lowest BCUT2D eigenvalue weighted by molar-refractivity contribution is -0.385. The quantitative estimate of drug-likeness (QED) is 0.162. The summed E-state index contributed by atoms with van der Waals surface area (Å²) in [5, 5.41) is 17.3. The van der Waals surface area contributed by atoms with Gasteiger partial charge in [0.1, 0.15) is 11.4 Å². The molecule has 206 valence electrons. The number of non-ortho nitro benzene ring substituents is 1. The highest BCUT2D eigenvalue weighted by molar-refractivity contribution is 14.1. The van der Waals surface area contributed by atoms with Gasteiger partial charge in [0.25, 0.3) is 5.69 Å². The van der Waals surface area contributed by atoms with Crippen molar-refractivity contribution in [2.24, 2.45) is 0 Å². The molecule has 2 N–H and O–H groups in total. The third-order valence-corrected chi connectivity index (χ3v) is 6.67. The zero-order valence-electron chi connectivity index (χ0n) is 21.7. The van der Waals surface area contributed by atoms with E-state index in [0.29, 0.717) is 23.0 Å². The number of hydrogen-bond donors (Lipinski definition) is 2. The lowest BCUT2D eigenvalue weighted by Crippen LogP contribution is -2.42. The fourth-order valence-electron chi connectivity index (χ4n) is 4.21. The van der Waals surface area contributed by atoms with E-state index in [9.17, 15) is 19.3 Å². The Labute approximate surface area is 239 Å². The Hall–Kier alpha value is -3.55. The lowest BCUT2D eigenvalue weighted by Gasteiger charge is -2.30. The molecular formula is C27H29FIN5O5. The number of hydrogen-bond acceptors (Lipinski definition) is 8. The van der Waals surface area contributed by atoms with Gasteiger partial charge in [-0.15, -0.1) is 0 Å². The number of alkyl carbamates (subject to hydrolysis) is 1. The number of carbonyl (C=O) groups excluding carboxylic acids is 1. The second-order valence-electron chi connectivity index (χ2n) is 10.2. The van der Waals surface area contributed by atoms with Crippen LogP contribution in [0.1, 0.15) is 46.5 Å². The molecule has 12 heteroatoms. The molecule has 0 atom stereocenters. The molecule has 1 fully saturated rings. The number of halogens is 2. The van der Waals surface area contributed by atoms with Crippen molar-refractivity contribution >= 4 is 40.3 Å². The zero-order chi connectivity index (χ0) is 28.2. The largest absolute Gasteiger partial charge is 0.454 e. The summed E-state index contributed by atoms with van der Waals surface area (Å²) in [4.78, 5) is 31.4. The second kappa shape index (κ2) is 12.1. The number of nitrogens with zero attached hydrogens (tertiary/aromatic N) is 3.